The first-order valence-electron chi connectivity index (χ1n) is 6.50. The van der Waals surface area contributed by atoms with Gasteiger partial charge in [-0.05, 0) is 44.9 Å². The lowest BCUT2D eigenvalue weighted by Crippen LogP contribution is -2.44. The molecule has 0 bridgehead atoms. The van der Waals surface area contributed by atoms with Gasteiger partial charge in [-0.2, -0.15) is 0 Å². The summed E-state index contributed by atoms with van der Waals surface area (Å²) >= 11 is 0. The number of rotatable bonds is 2. The fraction of sp³-hybridized carbons (Fsp3) is 0.500. The van der Waals surface area contributed by atoms with Crippen molar-refractivity contribution in [2.24, 2.45) is 0 Å². The van der Waals surface area contributed by atoms with E-state index in [1.807, 2.05) is 18.2 Å². The minimum Gasteiger partial charge on any atom is -0.497 e. The molecule has 1 saturated heterocycles. The number of nitrogens with zero attached hydrogens (tertiary/aromatic N) is 1. The van der Waals surface area contributed by atoms with E-state index in [0.717, 1.165) is 35.6 Å². The fourth-order valence-corrected chi connectivity index (χ4v) is 2.64. The van der Waals surface area contributed by atoms with Gasteiger partial charge in [-0.1, -0.05) is 0 Å². The summed E-state index contributed by atoms with van der Waals surface area (Å²) in [6, 6.07) is 5.95. The minimum absolute atomic E-state index is 0.0233. The molecule has 1 aromatic heterocycles. The number of hydrogen-bond acceptors (Lipinski definition) is 3. The van der Waals surface area contributed by atoms with Crippen molar-refractivity contribution in [3.05, 3.63) is 24.0 Å². The van der Waals surface area contributed by atoms with Gasteiger partial charge in [-0.3, -0.25) is 0 Å². The van der Waals surface area contributed by atoms with E-state index in [0.29, 0.717) is 0 Å². The summed E-state index contributed by atoms with van der Waals surface area (Å²) in [6.45, 7) is 3.29. The van der Waals surface area contributed by atoms with E-state index in [9.17, 15) is 0 Å². The molecule has 0 amide bonds. The van der Waals surface area contributed by atoms with Crippen LogP contribution in [-0.4, -0.2) is 23.6 Å². The molecule has 1 aliphatic heterocycles. The first kappa shape index (κ1) is 11.5. The Bertz CT molecular complexity index is 555. The molecule has 1 atom stereocenters. The highest BCUT2D eigenvalue weighted by Crippen LogP contribution is 2.30. The maximum atomic E-state index is 5.24. The number of aromatic nitrogens is 2. The van der Waals surface area contributed by atoms with Gasteiger partial charge < -0.3 is 15.0 Å². The lowest BCUT2D eigenvalue weighted by molar-refractivity contribution is 0.271. The zero-order valence-electron chi connectivity index (χ0n) is 10.9. The lowest BCUT2D eigenvalue weighted by atomic mass is 9.90. The Balaban J connectivity index is 2.02. The Kier molecular flexibility index (Phi) is 2.74. The molecule has 1 aliphatic rings. The maximum absolute atomic E-state index is 5.24. The highest BCUT2D eigenvalue weighted by molar-refractivity contribution is 5.77. The summed E-state index contributed by atoms with van der Waals surface area (Å²) in [5.74, 6) is 1.89. The van der Waals surface area contributed by atoms with Crippen LogP contribution in [0.3, 0.4) is 0 Å². The zero-order valence-corrected chi connectivity index (χ0v) is 10.9. The summed E-state index contributed by atoms with van der Waals surface area (Å²) < 4.78 is 5.24. The molecule has 96 valence electrons. The van der Waals surface area contributed by atoms with E-state index in [1.165, 1.54) is 12.8 Å². The molecule has 2 heterocycles. The molecular weight excluding hydrogens is 226 g/mol. The van der Waals surface area contributed by atoms with Crippen LogP contribution in [0.1, 0.15) is 32.0 Å². The number of fused-ring (bicyclic) bond motifs is 1. The summed E-state index contributed by atoms with van der Waals surface area (Å²) in [6.07, 6.45) is 3.64. The van der Waals surface area contributed by atoms with Gasteiger partial charge in [0.25, 0.3) is 0 Å². The number of benzene rings is 1. The molecule has 1 fully saturated rings. The molecule has 1 aromatic carbocycles. The predicted octanol–water partition coefficient (Wildman–Crippen LogP) is 2.56. The van der Waals surface area contributed by atoms with Gasteiger partial charge in [0.05, 0.1) is 23.7 Å². The van der Waals surface area contributed by atoms with E-state index in [-0.39, 0.29) is 5.54 Å². The molecule has 2 N–H and O–H groups in total. The van der Waals surface area contributed by atoms with Crippen molar-refractivity contribution in [3.8, 4) is 5.75 Å². The Morgan fingerprint density at radius 1 is 1.33 bits per heavy atom. The number of piperidine rings is 1. The Labute approximate surface area is 107 Å². The van der Waals surface area contributed by atoms with Gasteiger partial charge >= 0.3 is 0 Å². The lowest BCUT2D eigenvalue weighted by Gasteiger charge is -2.33. The van der Waals surface area contributed by atoms with Crippen LogP contribution in [0.2, 0.25) is 0 Å². The summed E-state index contributed by atoms with van der Waals surface area (Å²) in [4.78, 5) is 8.14. The molecule has 4 nitrogen and oxygen atoms in total. The van der Waals surface area contributed by atoms with Crippen molar-refractivity contribution in [2.45, 2.75) is 31.7 Å². The number of methoxy groups -OCH3 is 1. The predicted molar refractivity (Wildman–Crippen MR) is 71.9 cm³/mol. The standard InChI is InChI=1S/C14H19N3O/c1-14(7-3-4-8-15-14)13-16-11-6-5-10(18-2)9-12(11)17-13/h5-6,9,15H,3-4,7-8H2,1-2H3,(H,16,17). The van der Waals surface area contributed by atoms with Gasteiger partial charge in [0.2, 0.25) is 0 Å². The van der Waals surface area contributed by atoms with Crippen LogP contribution in [0.4, 0.5) is 0 Å². The van der Waals surface area contributed by atoms with Gasteiger partial charge in [0.15, 0.2) is 0 Å². The Hall–Kier alpha value is -1.55. The van der Waals surface area contributed by atoms with Crippen LogP contribution in [0, 0.1) is 0 Å². The first-order valence-corrected chi connectivity index (χ1v) is 6.50. The largest absolute Gasteiger partial charge is 0.497 e. The summed E-state index contributed by atoms with van der Waals surface area (Å²) in [7, 11) is 1.68. The van der Waals surface area contributed by atoms with Crippen molar-refractivity contribution in [3.63, 3.8) is 0 Å². The van der Waals surface area contributed by atoms with Crippen LogP contribution >= 0.6 is 0 Å². The third kappa shape index (κ3) is 1.86. The number of nitrogens with one attached hydrogen (secondary N) is 2. The van der Waals surface area contributed by atoms with Gasteiger partial charge in [0.1, 0.15) is 11.6 Å². The Morgan fingerprint density at radius 2 is 2.22 bits per heavy atom. The van der Waals surface area contributed by atoms with Crippen molar-refractivity contribution in [2.75, 3.05) is 13.7 Å². The van der Waals surface area contributed by atoms with Crippen LogP contribution in [-0.2, 0) is 5.54 Å². The zero-order chi connectivity index (χ0) is 12.6. The normalized spacial score (nSPS) is 24.3. The van der Waals surface area contributed by atoms with Crippen molar-refractivity contribution in [1.29, 1.82) is 0 Å². The van der Waals surface area contributed by atoms with Crippen molar-refractivity contribution < 1.29 is 4.74 Å². The molecule has 0 saturated carbocycles. The molecule has 1 unspecified atom stereocenters. The number of hydrogen-bond donors (Lipinski definition) is 2. The van der Waals surface area contributed by atoms with Gasteiger partial charge in [-0.15, -0.1) is 0 Å². The van der Waals surface area contributed by atoms with Crippen molar-refractivity contribution in [1.82, 2.24) is 15.3 Å². The smallest absolute Gasteiger partial charge is 0.127 e. The molecule has 3 rings (SSSR count). The van der Waals surface area contributed by atoms with Crippen LogP contribution < -0.4 is 10.1 Å². The highest BCUT2D eigenvalue weighted by Gasteiger charge is 2.31. The maximum Gasteiger partial charge on any atom is 0.127 e. The van der Waals surface area contributed by atoms with E-state index in [2.05, 4.69) is 17.2 Å². The average Bonchev–Trinajstić information content (AvgIpc) is 2.83. The molecular formula is C14H19N3O. The van der Waals surface area contributed by atoms with E-state index in [1.54, 1.807) is 7.11 Å². The monoisotopic (exact) mass is 245 g/mol. The second-order valence-electron chi connectivity index (χ2n) is 5.18. The SMILES string of the molecule is COc1ccc2nc(C3(C)CCCCN3)[nH]c2c1. The average molecular weight is 245 g/mol. The number of ether oxygens (including phenoxy) is 1. The molecule has 0 aliphatic carbocycles. The summed E-state index contributed by atoms with van der Waals surface area (Å²) in [5.41, 5.74) is 2.02. The second kappa shape index (κ2) is 4.28. The van der Waals surface area contributed by atoms with Crippen LogP contribution in [0.15, 0.2) is 18.2 Å². The number of aromatic amines is 1. The number of imidazole rings is 1. The topological polar surface area (TPSA) is 49.9 Å². The number of H-pyrrole nitrogens is 1. The fourth-order valence-electron chi connectivity index (χ4n) is 2.64. The molecule has 4 heteroatoms. The second-order valence-corrected chi connectivity index (χ2v) is 5.18. The van der Waals surface area contributed by atoms with E-state index in [4.69, 9.17) is 9.72 Å². The quantitative estimate of drug-likeness (QED) is 0.855. The van der Waals surface area contributed by atoms with Crippen LogP contribution in [0.25, 0.3) is 11.0 Å². The molecule has 0 spiro atoms. The van der Waals surface area contributed by atoms with Crippen molar-refractivity contribution >= 4 is 11.0 Å². The highest BCUT2D eigenvalue weighted by atomic mass is 16.5. The van der Waals surface area contributed by atoms with Gasteiger partial charge in [0, 0.05) is 6.07 Å². The Morgan fingerprint density at radius 3 is 2.94 bits per heavy atom. The molecule has 0 radical (unpaired) electrons. The third-order valence-corrected chi connectivity index (χ3v) is 3.83. The summed E-state index contributed by atoms with van der Waals surface area (Å²) in [5, 5.41) is 3.58. The van der Waals surface area contributed by atoms with E-state index < -0.39 is 0 Å². The third-order valence-electron chi connectivity index (χ3n) is 3.83. The first-order chi connectivity index (χ1) is 8.71. The van der Waals surface area contributed by atoms with Crippen LogP contribution in [0.5, 0.6) is 5.75 Å². The van der Waals surface area contributed by atoms with Gasteiger partial charge in [-0.25, -0.2) is 4.98 Å². The molecule has 2 aromatic rings. The minimum atomic E-state index is -0.0233. The molecule has 18 heavy (non-hydrogen) atoms. The van der Waals surface area contributed by atoms with E-state index >= 15 is 0 Å².